The van der Waals surface area contributed by atoms with Crippen LogP contribution in [0.25, 0.3) is 11.4 Å². The van der Waals surface area contributed by atoms with Gasteiger partial charge in [0.1, 0.15) is 5.82 Å². The van der Waals surface area contributed by atoms with E-state index in [4.69, 9.17) is 9.26 Å². The molecule has 30 heavy (non-hydrogen) atoms. The highest BCUT2D eigenvalue weighted by Gasteiger charge is 2.36. The summed E-state index contributed by atoms with van der Waals surface area (Å²) >= 11 is 1.59. The van der Waals surface area contributed by atoms with E-state index in [-0.39, 0.29) is 43.0 Å². The Labute approximate surface area is 176 Å². The summed E-state index contributed by atoms with van der Waals surface area (Å²) in [5.74, 6) is -1.14. The number of rotatable bonds is 6. The number of nitrogens with zero attached hydrogens (tertiary/aromatic N) is 3. The van der Waals surface area contributed by atoms with Crippen LogP contribution in [0.4, 0.5) is 10.1 Å². The maximum Gasteiger partial charge on any atom is 0.311 e. The van der Waals surface area contributed by atoms with Gasteiger partial charge in [0.05, 0.1) is 5.92 Å². The van der Waals surface area contributed by atoms with Crippen LogP contribution in [0.15, 0.2) is 57.9 Å². The second kappa shape index (κ2) is 8.66. The van der Waals surface area contributed by atoms with Crippen LogP contribution < -0.4 is 4.90 Å². The minimum Gasteiger partial charge on any atom is -0.455 e. The molecule has 1 unspecified atom stereocenters. The van der Waals surface area contributed by atoms with E-state index in [0.717, 1.165) is 10.6 Å². The van der Waals surface area contributed by atoms with Gasteiger partial charge in [0.15, 0.2) is 6.61 Å². The van der Waals surface area contributed by atoms with Crippen molar-refractivity contribution in [2.75, 3.05) is 17.7 Å². The minimum atomic E-state index is -0.560. The molecule has 4 rings (SSSR count). The van der Waals surface area contributed by atoms with Crippen LogP contribution in [0.5, 0.6) is 0 Å². The summed E-state index contributed by atoms with van der Waals surface area (Å²) < 4.78 is 23.4. The second-order valence-electron chi connectivity index (χ2n) is 6.73. The molecule has 1 aliphatic rings. The topological polar surface area (TPSA) is 85.5 Å². The quantitative estimate of drug-likeness (QED) is 0.438. The third-order valence-electron chi connectivity index (χ3n) is 4.73. The van der Waals surface area contributed by atoms with Gasteiger partial charge in [-0.25, -0.2) is 4.39 Å². The van der Waals surface area contributed by atoms with E-state index in [1.165, 1.54) is 24.3 Å². The van der Waals surface area contributed by atoms with Crippen molar-refractivity contribution >= 4 is 29.3 Å². The lowest BCUT2D eigenvalue weighted by Gasteiger charge is -2.17. The van der Waals surface area contributed by atoms with Gasteiger partial charge in [0.25, 0.3) is 5.89 Å². The van der Waals surface area contributed by atoms with E-state index >= 15 is 0 Å². The predicted octanol–water partition coefficient (Wildman–Crippen LogP) is 3.69. The average molecular weight is 427 g/mol. The molecule has 2 heterocycles. The molecule has 0 spiro atoms. The van der Waals surface area contributed by atoms with Gasteiger partial charge in [-0.3, -0.25) is 9.59 Å². The SMILES string of the molecule is CSc1cccc(N2CC(C(=O)OCc3nc(-c4ccc(F)cc4)no3)CC2=O)c1. The third kappa shape index (κ3) is 4.35. The molecule has 1 aliphatic heterocycles. The van der Waals surface area contributed by atoms with Crippen molar-refractivity contribution in [2.24, 2.45) is 5.92 Å². The molecule has 9 heteroatoms. The summed E-state index contributed by atoms with van der Waals surface area (Å²) in [4.78, 5) is 31.6. The number of ether oxygens (including phenoxy) is 1. The van der Waals surface area contributed by atoms with E-state index in [9.17, 15) is 14.0 Å². The molecule has 3 aromatic rings. The Morgan fingerprint density at radius 2 is 2.10 bits per heavy atom. The van der Waals surface area contributed by atoms with Gasteiger partial charge >= 0.3 is 5.97 Å². The minimum absolute atomic E-state index is 0.0903. The van der Waals surface area contributed by atoms with Crippen molar-refractivity contribution in [3.63, 3.8) is 0 Å². The number of carbonyl (C=O) groups is 2. The van der Waals surface area contributed by atoms with Crippen molar-refractivity contribution in [1.82, 2.24) is 10.1 Å². The zero-order valence-electron chi connectivity index (χ0n) is 16.1. The number of esters is 1. The van der Waals surface area contributed by atoms with Crippen molar-refractivity contribution < 1.29 is 23.2 Å². The van der Waals surface area contributed by atoms with Gasteiger partial charge in [0, 0.05) is 29.1 Å². The number of aromatic nitrogens is 2. The molecule has 0 N–H and O–H groups in total. The van der Waals surface area contributed by atoms with Gasteiger partial charge in [-0.15, -0.1) is 11.8 Å². The summed E-state index contributed by atoms with van der Waals surface area (Å²) in [6, 6.07) is 13.3. The Hall–Kier alpha value is -3.20. The van der Waals surface area contributed by atoms with Gasteiger partial charge in [-0.1, -0.05) is 11.2 Å². The fourth-order valence-corrected chi connectivity index (χ4v) is 3.63. The van der Waals surface area contributed by atoms with Crippen LogP contribution in [0, 0.1) is 11.7 Å². The van der Waals surface area contributed by atoms with Crippen molar-refractivity contribution in [2.45, 2.75) is 17.9 Å². The summed E-state index contributed by atoms with van der Waals surface area (Å²) in [5, 5.41) is 3.81. The fraction of sp³-hybridized carbons (Fsp3) is 0.238. The Balaban J connectivity index is 1.35. The first-order valence-electron chi connectivity index (χ1n) is 9.23. The maximum atomic E-state index is 13.0. The normalized spacial score (nSPS) is 16.1. The van der Waals surface area contributed by atoms with Gasteiger partial charge in [-0.05, 0) is 48.7 Å². The van der Waals surface area contributed by atoms with Gasteiger partial charge in [-0.2, -0.15) is 4.98 Å². The lowest BCUT2D eigenvalue weighted by molar-refractivity contribution is -0.150. The monoisotopic (exact) mass is 427 g/mol. The molecule has 154 valence electrons. The van der Waals surface area contributed by atoms with E-state index < -0.39 is 11.9 Å². The maximum absolute atomic E-state index is 13.0. The smallest absolute Gasteiger partial charge is 0.311 e. The zero-order valence-corrected chi connectivity index (χ0v) is 16.9. The summed E-state index contributed by atoms with van der Waals surface area (Å²) in [7, 11) is 0. The van der Waals surface area contributed by atoms with Crippen LogP contribution in [0.3, 0.4) is 0 Å². The standard InChI is InChI=1S/C21H18FN3O4S/c1-30-17-4-2-3-16(10-17)25-11-14(9-19(25)26)21(27)28-12-18-23-20(24-29-18)13-5-7-15(22)8-6-13/h2-8,10,14H,9,11-12H2,1H3. The largest absolute Gasteiger partial charge is 0.455 e. The summed E-state index contributed by atoms with van der Waals surface area (Å²) in [5.41, 5.74) is 1.35. The number of halogens is 1. The van der Waals surface area contributed by atoms with E-state index in [1.54, 1.807) is 16.7 Å². The van der Waals surface area contributed by atoms with Gasteiger partial charge in [0.2, 0.25) is 11.7 Å². The number of hydrogen-bond donors (Lipinski definition) is 0. The first-order valence-corrected chi connectivity index (χ1v) is 10.5. The van der Waals surface area contributed by atoms with E-state index in [1.807, 2.05) is 30.5 Å². The molecule has 2 aromatic carbocycles. The molecule has 7 nitrogen and oxygen atoms in total. The van der Waals surface area contributed by atoms with Crippen molar-refractivity contribution in [3.8, 4) is 11.4 Å². The third-order valence-corrected chi connectivity index (χ3v) is 5.46. The molecular weight excluding hydrogens is 409 g/mol. The molecule has 0 aliphatic carbocycles. The highest BCUT2D eigenvalue weighted by atomic mass is 32.2. The number of carbonyl (C=O) groups excluding carboxylic acids is 2. The molecule has 1 atom stereocenters. The molecule has 1 aromatic heterocycles. The van der Waals surface area contributed by atoms with Crippen LogP contribution in [0.2, 0.25) is 0 Å². The number of thioether (sulfide) groups is 1. The Kier molecular flexibility index (Phi) is 5.80. The number of benzene rings is 2. The lowest BCUT2D eigenvalue weighted by Crippen LogP contribution is -2.26. The van der Waals surface area contributed by atoms with Crippen molar-refractivity contribution in [1.29, 1.82) is 0 Å². The van der Waals surface area contributed by atoms with Gasteiger partial charge < -0.3 is 14.2 Å². The van der Waals surface area contributed by atoms with Crippen molar-refractivity contribution in [3.05, 3.63) is 60.2 Å². The highest BCUT2D eigenvalue weighted by Crippen LogP contribution is 2.29. The van der Waals surface area contributed by atoms with Crippen LogP contribution in [0.1, 0.15) is 12.3 Å². The molecule has 1 saturated heterocycles. The Bertz CT molecular complexity index is 1070. The number of amides is 1. The van der Waals surface area contributed by atoms with E-state index in [0.29, 0.717) is 5.56 Å². The molecule has 1 amide bonds. The molecule has 0 bridgehead atoms. The van der Waals surface area contributed by atoms with Crippen LogP contribution >= 0.6 is 11.8 Å². The molecular formula is C21H18FN3O4S. The average Bonchev–Trinajstić information content (AvgIpc) is 3.39. The molecule has 0 saturated carbocycles. The van der Waals surface area contributed by atoms with Crippen LogP contribution in [-0.2, 0) is 20.9 Å². The number of hydrogen-bond acceptors (Lipinski definition) is 7. The Morgan fingerprint density at radius 3 is 2.87 bits per heavy atom. The first kappa shape index (κ1) is 20.1. The van der Waals surface area contributed by atoms with E-state index in [2.05, 4.69) is 10.1 Å². The summed E-state index contributed by atoms with van der Waals surface area (Å²) in [6.07, 6.45) is 2.05. The highest BCUT2D eigenvalue weighted by molar-refractivity contribution is 7.98. The molecule has 1 fully saturated rings. The molecule has 0 radical (unpaired) electrons. The van der Waals surface area contributed by atoms with Crippen LogP contribution in [-0.4, -0.2) is 34.8 Å². The lowest BCUT2D eigenvalue weighted by atomic mass is 10.1. The predicted molar refractivity (Wildman–Crippen MR) is 108 cm³/mol. The second-order valence-corrected chi connectivity index (χ2v) is 7.61. The fourth-order valence-electron chi connectivity index (χ4n) is 3.17. The first-order chi connectivity index (χ1) is 14.5. The Morgan fingerprint density at radius 1 is 1.30 bits per heavy atom. The summed E-state index contributed by atoms with van der Waals surface area (Å²) in [6.45, 7) is 0.0693. The number of anilines is 1. The zero-order chi connectivity index (χ0) is 21.1.